The lowest BCUT2D eigenvalue weighted by atomic mass is 10.1. The molecule has 1 aliphatic heterocycles. The van der Waals surface area contributed by atoms with E-state index in [9.17, 15) is 0 Å². The van der Waals surface area contributed by atoms with Crippen LogP contribution in [0.25, 0.3) is 0 Å². The van der Waals surface area contributed by atoms with E-state index in [4.69, 9.17) is 4.74 Å². The molecule has 1 aliphatic carbocycles. The molecule has 26 heavy (non-hydrogen) atoms. The van der Waals surface area contributed by atoms with E-state index in [-0.39, 0.29) is 0 Å². The number of benzene rings is 2. The van der Waals surface area contributed by atoms with Gasteiger partial charge in [0.05, 0.1) is 12.8 Å². The van der Waals surface area contributed by atoms with Gasteiger partial charge in [-0.2, -0.15) is 0 Å². The van der Waals surface area contributed by atoms with Gasteiger partial charge in [0.25, 0.3) is 0 Å². The Bertz CT molecular complexity index is 706. The van der Waals surface area contributed by atoms with Gasteiger partial charge in [0.2, 0.25) is 0 Å². The summed E-state index contributed by atoms with van der Waals surface area (Å²) in [5, 5.41) is 3.64. The number of hydrogen-bond acceptors (Lipinski definition) is 4. The van der Waals surface area contributed by atoms with Gasteiger partial charge in [0, 0.05) is 44.8 Å². The molecule has 2 aromatic rings. The lowest BCUT2D eigenvalue weighted by Crippen LogP contribution is -2.53. The smallest absolute Gasteiger partial charge is 0.141 e. The van der Waals surface area contributed by atoms with Crippen LogP contribution in [0.2, 0.25) is 0 Å². The number of anilines is 1. The maximum Gasteiger partial charge on any atom is 0.141 e. The third kappa shape index (κ3) is 3.87. The van der Waals surface area contributed by atoms with E-state index in [1.54, 1.807) is 7.11 Å². The van der Waals surface area contributed by atoms with Gasteiger partial charge >= 0.3 is 0 Å². The summed E-state index contributed by atoms with van der Waals surface area (Å²) in [6, 6.07) is 19.0. The van der Waals surface area contributed by atoms with Gasteiger partial charge in [-0.05, 0) is 30.5 Å². The van der Waals surface area contributed by atoms with E-state index < -0.39 is 0 Å². The van der Waals surface area contributed by atoms with Crippen molar-refractivity contribution in [1.82, 2.24) is 9.80 Å². The van der Waals surface area contributed by atoms with Crippen LogP contribution in [0.3, 0.4) is 0 Å². The van der Waals surface area contributed by atoms with Crippen LogP contribution in [-0.4, -0.2) is 55.2 Å². The molecule has 0 bridgehead atoms. The molecule has 0 radical (unpaired) electrons. The van der Waals surface area contributed by atoms with Crippen molar-refractivity contribution in [2.45, 2.75) is 24.9 Å². The van der Waals surface area contributed by atoms with Gasteiger partial charge in [0.1, 0.15) is 5.75 Å². The van der Waals surface area contributed by atoms with E-state index in [0.29, 0.717) is 5.54 Å². The predicted octanol–water partition coefficient (Wildman–Crippen LogP) is 3.46. The third-order valence-corrected chi connectivity index (χ3v) is 5.83. The number of nitrogens with one attached hydrogen (secondary N) is 1. The first-order valence-electron chi connectivity index (χ1n) is 9.67. The Balaban J connectivity index is 1.30. The number of piperazine rings is 1. The highest BCUT2D eigenvalue weighted by Crippen LogP contribution is 2.42. The van der Waals surface area contributed by atoms with Crippen molar-refractivity contribution in [3.05, 3.63) is 60.2 Å². The average Bonchev–Trinajstić information content (AvgIpc) is 3.49. The zero-order valence-corrected chi connectivity index (χ0v) is 15.7. The maximum absolute atomic E-state index is 5.46. The highest BCUT2D eigenvalue weighted by atomic mass is 16.5. The average molecular weight is 351 g/mol. The largest absolute Gasteiger partial charge is 0.495 e. The van der Waals surface area contributed by atoms with E-state index in [0.717, 1.165) is 37.6 Å². The molecular formula is C22H29N3O. The Morgan fingerprint density at radius 3 is 2.31 bits per heavy atom. The number of methoxy groups -OCH3 is 1. The standard InChI is InChI=1S/C22H29N3O/c1-26-21-10-6-5-9-20(21)23-18-22(11-12-22)25-15-13-24(14-16-25)17-19-7-3-2-4-8-19/h2-10,23H,11-18H2,1H3. The van der Waals surface area contributed by atoms with Crippen molar-refractivity contribution in [3.8, 4) is 5.75 Å². The van der Waals surface area contributed by atoms with E-state index in [1.807, 2.05) is 12.1 Å². The van der Waals surface area contributed by atoms with Crippen molar-refractivity contribution in [2.75, 3.05) is 45.2 Å². The Morgan fingerprint density at radius 2 is 1.62 bits per heavy atom. The molecule has 1 heterocycles. The fraction of sp³-hybridized carbons (Fsp3) is 0.455. The molecule has 1 saturated carbocycles. The van der Waals surface area contributed by atoms with Gasteiger partial charge in [-0.3, -0.25) is 9.80 Å². The molecule has 4 nitrogen and oxygen atoms in total. The second kappa shape index (κ2) is 7.68. The second-order valence-corrected chi connectivity index (χ2v) is 7.53. The number of para-hydroxylation sites is 2. The molecule has 0 amide bonds. The predicted molar refractivity (Wildman–Crippen MR) is 107 cm³/mol. The molecule has 0 unspecified atom stereocenters. The molecule has 2 aromatic carbocycles. The highest BCUT2D eigenvalue weighted by molar-refractivity contribution is 5.56. The van der Waals surface area contributed by atoms with Crippen LogP contribution < -0.4 is 10.1 Å². The lowest BCUT2D eigenvalue weighted by Gasteiger charge is -2.40. The van der Waals surface area contributed by atoms with Gasteiger partial charge in [-0.15, -0.1) is 0 Å². The molecule has 4 rings (SSSR count). The fourth-order valence-electron chi connectivity index (χ4n) is 4.02. The van der Waals surface area contributed by atoms with Crippen molar-refractivity contribution < 1.29 is 4.74 Å². The monoisotopic (exact) mass is 351 g/mol. The van der Waals surface area contributed by atoms with Crippen molar-refractivity contribution in [2.24, 2.45) is 0 Å². The first kappa shape index (κ1) is 17.4. The van der Waals surface area contributed by atoms with E-state index in [1.165, 1.54) is 31.5 Å². The summed E-state index contributed by atoms with van der Waals surface area (Å²) in [6.07, 6.45) is 2.60. The van der Waals surface area contributed by atoms with Gasteiger partial charge in [-0.1, -0.05) is 42.5 Å². The highest BCUT2D eigenvalue weighted by Gasteiger charge is 2.48. The summed E-state index contributed by atoms with van der Waals surface area (Å²) in [4.78, 5) is 5.28. The normalized spacial score (nSPS) is 19.9. The first-order valence-corrected chi connectivity index (χ1v) is 9.67. The maximum atomic E-state index is 5.46. The van der Waals surface area contributed by atoms with Crippen molar-refractivity contribution in [1.29, 1.82) is 0 Å². The van der Waals surface area contributed by atoms with Gasteiger partial charge in [-0.25, -0.2) is 0 Å². The summed E-state index contributed by atoms with van der Waals surface area (Å²) in [6.45, 7) is 6.73. The molecule has 0 spiro atoms. The van der Waals surface area contributed by atoms with Crippen LogP contribution in [0.15, 0.2) is 54.6 Å². The zero-order valence-electron chi connectivity index (χ0n) is 15.7. The first-order chi connectivity index (χ1) is 12.8. The summed E-state index contributed by atoms with van der Waals surface area (Å²) in [7, 11) is 1.74. The molecule has 2 aliphatic rings. The lowest BCUT2D eigenvalue weighted by molar-refractivity contribution is 0.0856. The molecule has 138 valence electrons. The Kier molecular flexibility index (Phi) is 5.14. The molecule has 1 saturated heterocycles. The minimum Gasteiger partial charge on any atom is -0.495 e. The van der Waals surface area contributed by atoms with Gasteiger partial charge in [0.15, 0.2) is 0 Å². The number of hydrogen-bond donors (Lipinski definition) is 1. The van der Waals surface area contributed by atoms with Crippen LogP contribution in [0.5, 0.6) is 5.75 Å². The Morgan fingerprint density at radius 1 is 0.923 bits per heavy atom. The number of nitrogens with zero attached hydrogens (tertiary/aromatic N) is 2. The van der Waals surface area contributed by atoms with Crippen LogP contribution in [0.4, 0.5) is 5.69 Å². The molecule has 0 aromatic heterocycles. The quantitative estimate of drug-likeness (QED) is 0.827. The van der Waals surface area contributed by atoms with Crippen LogP contribution in [-0.2, 0) is 6.54 Å². The van der Waals surface area contributed by atoms with E-state index in [2.05, 4.69) is 57.6 Å². The van der Waals surface area contributed by atoms with Crippen LogP contribution in [0, 0.1) is 0 Å². The molecule has 0 atom stereocenters. The molecule has 4 heteroatoms. The second-order valence-electron chi connectivity index (χ2n) is 7.53. The number of rotatable bonds is 7. The van der Waals surface area contributed by atoms with Crippen LogP contribution >= 0.6 is 0 Å². The van der Waals surface area contributed by atoms with Crippen molar-refractivity contribution in [3.63, 3.8) is 0 Å². The minimum absolute atomic E-state index is 0.347. The van der Waals surface area contributed by atoms with E-state index >= 15 is 0 Å². The summed E-state index contributed by atoms with van der Waals surface area (Å²) >= 11 is 0. The van der Waals surface area contributed by atoms with Crippen molar-refractivity contribution >= 4 is 5.69 Å². The zero-order chi connectivity index (χ0) is 17.8. The molecule has 2 fully saturated rings. The summed E-state index contributed by atoms with van der Waals surface area (Å²) < 4.78 is 5.46. The Labute approximate surface area is 156 Å². The summed E-state index contributed by atoms with van der Waals surface area (Å²) in [5.74, 6) is 0.927. The van der Waals surface area contributed by atoms with Gasteiger partial charge < -0.3 is 10.1 Å². The Hall–Kier alpha value is -2.04. The topological polar surface area (TPSA) is 27.7 Å². The SMILES string of the molecule is COc1ccccc1NCC1(N2CCN(Cc3ccccc3)CC2)CC1. The fourth-order valence-corrected chi connectivity index (χ4v) is 4.02. The molecular weight excluding hydrogens is 322 g/mol. The number of ether oxygens (including phenoxy) is 1. The third-order valence-electron chi connectivity index (χ3n) is 5.83. The summed E-state index contributed by atoms with van der Waals surface area (Å²) in [5.41, 5.74) is 2.86. The van der Waals surface area contributed by atoms with Crippen LogP contribution in [0.1, 0.15) is 18.4 Å². The minimum atomic E-state index is 0.347. The molecule has 1 N–H and O–H groups in total.